The molecule has 0 saturated heterocycles. The van der Waals surface area contributed by atoms with Gasteiger partial charge in [-0.15, -0.1) is 0 Å². The number of aromatic amines is 1. The molecule has 3 aromatic carbocycles. The monoisotopic (exact) mass is 495 g/mol. The summed E-state index contributed by atoms with van der Waals surface area (Å²) in [6.45, 7) is 4.47. The fourth-order valence-electron chi connectivity index (χ4n) is 5.32. The molecule has 0 spiro atoms. The molecule has 6 heteroatoms. The molecule has 190 valence electrons. The highest BCUT2D eigenvalue weighted by molar-refractivity contribution is 5.90. The van der Waals surface area contributed by atoms with Crippen LogP contribution in [0.3, 0.4) is 0 Å². The van der Waals surface area contributed by atoms with Gasteiger partial charge in [0.2, 0.25) is 0 Å². The number of fused-ring (bicyclic) bond motifs is 2. The third kappa shape index (κ3) is 5.93. The summed E-state index contributed by atoms with van der Waals surface area (Å²) in [5.41, 5.74) is 8.95. The lowest BCUT2D eigenvalue weighted by molar-refractivity contribution is -0.124. The predicted octanol–water partition coefficient (Wildman–Crippen LogP) is 5.61. The van der Waals surface area contributed by atoms with Crippen molar-refractivity contribution in [3.63, 3.8) is 0 Å². The second kappa shape index (κ2) is 11.5. The van der Waals surface area contributed by atoms with Crippen molar-refractivity contribution in [1.29, 1.82) is 0 Å². The van der Waals surface area contributed by atoms with Crippen molar-refractivity contribution in [3.05, 3.63) is 107 Å². The van der Waals surface area contributed by atoms with Crippen LogP contribution in [0.25, 0.3) is 17.0 Å². The summed E-state index contributed by atoms with van der Waals surface area (Å²) >= 11 is 0. The molecular formula is C31H33N3O3. The van der Waals surface area contributed by atoms with Gasteiger partial charge in [-0.05, 0) is 78.3 Å². The van der Waals surface area contributed by atoms with Gasteiger partial charge in [0.1, 0.15) is 12.4 Å². The normalized spacial score (nSPS) is 14.9. The average molecular weight is 496 g/mol. The number of H-pyrrole nitrogens is 1. The summed E-state index contributed by atoms with van der Waals surface area (Å²) in [5, 5.41) is 10.0. The number of ether oxygens (including phenoxy) is 1. The lowest BCUT2D eigenvalue weighted by atomic mass is 10.0. The van der Waals surface area contributed by atoms with Gasteiger partial charge in [-0.1, -0.05) is 48.5 Å². The van der Waals surface area contributed by atoms with Crippen LogP contribution in [0.4, 0.5) is 0 Å². The van der Waals surface area contributed by atoms with Gasteiger partial charge in [0.05, 0.1) is 0 Å². The van der Waals surface area contributed by atoms with Crippen LogP contribution in [0.5, 0.6) is 5.75 Å². The first-order chi connectivity index (χ1) is 18.1. The van der Waals surface area contributed by atoms with E-state index < -0.39 is 5.91 Å². The number of hydrogen-bond donors (Lipinski definition) is 3. The molecule has 5 rings (SSSR count). The Bertz CT molecular complexity index is 1410. The Morgan fingerprint density at radius 1 is 1.14 bits per heavy atom. The maximum Gasteiger partial charge on any atom is 0.267 e. The maximum atomic E-state index is 11.4. The van der Waals surface area contributed by atoms with Gasteiger partial charge in [-0.2, -0.15) is 0 Å². The zero-order valence-electron chi connectivity index (χ0n) is 21.1. The molecule has 1 aliphatic rings. The minimum absolute atomic E-state index is 0.320. The van der Waals surface area contributed by atoms with Gasteiger partial charge in [0, 0.05) is 42.3 Å². The number of rotatable bonds is 10. The number of aryl methyl sites for hydroxylation is 2. The molecule has 1 amide bonds. The SMILES string of the molecule is Cc1cccc(OCCN(CCc2c[nH]c3ccccc23)C2CCc3cc(/C=C/C(=O)NO)ccc32)c1. The third-order valence-corrected chi connectivity index (χ3v) is 7.17. The molecule has 0 fully saturated rings. The van der Waals surface area contributed by atoms with E-state index in [-0.39, 0.29) is 0 Å². The van der Waals surface area contributed by atoms with E-state index >= 15 is 0 Å². The second-order valence-corrected chi connectivity index (χ2v) is 9.63. The fraction of sp³-hybridized carbons (Fsp3) is 0.258. The number of amides is 1. The van der Waals surface area contributed by atoms with Crippen LogP contribution in [0.2, 0.25) is 0 Å². The Hall–Kier alpha value is -3.87. The topological polar surface area (TPSA) is 77.6 Å². The highest BCUT2D eigenvalue weighted by Gasteiger charge is 2.28. The summed E-state index contributed by atoms with van der Waals surface area (Å²) in [5.74, 6) is 0.377. The number of nitrogens with one attached hydrogen (secondary N) is 2. The Morgan fingerprint density at radius 3 is 2.89 bits per heavy atom. The molecule has 1 heterocycles. The minimum Gasteiger partial charge on any atom is -0.492 e. The molecule has 3 N–H and O–H groups in total. The summed E-state index contributed by atoms with van der Waals surface area (Å²) in [6.07, 6.45) is 8.20. The number of carbonyl (C=O) groups excluding carboxylic acids is 1. The largest absolute Gasteiger partial charge is 0.492 e. The zero-order chi connectivity index (χ0) is 25.6. The van der Waals surface area contributed by atoms with Gasteiger partial charge in [0.25, 0.3) is 5.91 Å². The lowest BCUT2D eigenvalue weighted by Crippen LogP contribution is -2.33. The van der Waals surface area contributed by atoms with Gasteiger partial charge in [0.15, 0.2) is 0 Å². The molecular weight excluding hydrogens is 462 g/mol. The number of hydroxylamine groups is 1. The number of benzene rings is 3. The molecule has 0 radical (unpaired) electrons. The van der Waals surface area contributed by atoms with E-state index in [1.807, 2.05) is 18.2 Å². The Morgan fingerprint density at radius 2 is 2.03 bits per heavy atom. The first-order valence-corrected chi connectivity index (χ1v) is 12.8. The summed E-state index contributed by atoms with van der Waals surface area (Å²) in [4.78, 5) is 17.3. The van der Waals surface area contributed by atoms with Crippen molar-refractivity contribution >= 4 is 22.9 Å². The molecule has 37 heavy (non-hydrogen) atoms. The fourth-order valence-corrected chi connectivity index (χ4v) is 5.32. The zero-order valence-corrected chi connectivity index (χ0v) is 21.1. The van der Waals surface area contributed by atoms with E-state index in [4.69, 9.17) is 9.94 Å². The molecule has 1 aromatic heterocycles. The van der Waals surface area contributed by atoms with Crippen LogP contribution in [0, 0.1) is 6.92 Å². The maximum absolute atomic E-state index is 11.4. The quantitative estimate of drug-likeness (QED) is 0.152. The Balaban J connectivity index is 1.33. The third-order valence-electron chi connectivity index (χ3n) is 7.17. The van der Waals surface area contributed by atoms with Gasteiger partial charge in [-0.25, -0.2) is 5.48 Å². The van der Waals surface area contributed by atoms with E-state index in [1.165, 1.54) is 39.2 Å². The van der Waals surface area contributed by atoms with Crippen LogP contribution in [0.1, 0.15) is 40.3 Å². The number of aromatic nitrogens is 1. The van der Waals surface area contributed by atoms with E-state index in [1.54, 1.807) is 11.6 Å². The van der Waals surface area contributed by atoms with Crippen molar-refractivity contribution in [2.75, 3.05) is 19.7 Å². The van der Waals surface area contributed by atoms with Crippen molar-refractivity contribution in [1.82, 2.24) is 15.4 Å². The molecule has 1 aliphatic carbocycles. The predicted molar refractivity (Wildman–Crippen MR) is 147 cm³/mol. The first kappa shape index (κ1) is 24.8. The van der Waals surface area contributed by atoms with E-state index in [0.29, 0.717) is 12.6 Å². The number of hydrogen-bond acceptors (Lipinski definition) is 4. The van der Waals surface area contributed by atoms with Gasteiger partial charge in [-0.3, -0.25) is 14.9 Å². The summed E-state index contributed by atoms with van der Waals surface area (Å²) in [7, 11) is 0. The summed E-state index contributed by atoms with van der Waals surface area (Å²) < 4.78 is 6.14. The molecule has 4 aromatic rings. The lowest BCUT2D eigenvalue weighted by Gasteiger charge is -2.30. The number of para-hydroxylation sites is 1. The van der Waals surface area contributed by atoms with Gasteiger partial charge < -0.3 is 9.72 Å². The van der Waals surface area contributed by atoms with Crippen LogP contribution in [-0.4, -0.2) is 40.7 Å². The highest BCUT2D eigenvalue weighted by Crippen LogP contribution is 2.36. The Labute approximate surface area is 217 Å². The molecule has 1 unspecified atom stereocenters. The Kier molecular flexibility index (Phi) is 7.68. The summed E-state index contributed by atoms with van der Waals surface area (Å²) in [6, 6.07) is 23.4. The van der Waals surface area contributed by atoms with Crippen molar-refractivity contribution in [3.8, 4) is 5.75 Å². The van der Waals surface area contributed by atoms with E-state index in [9.17, 15) is 4.79 Å². The van der Waals surface area contributed by atoms with Crippen molar-refractivity contribution < 1.29 is 14.7 Å². The second-order valence-electron chi connectivity index (χ2n) is 9.63. The smallest absolute Gasteiger partial charge is 0.267 e. The molecule has 6 nitrogen and oxygen atoms in total. The van der Waals surface area contributed by atoms with Gasteiger partial charge >= 0.3 is 0 Å². The molecule has 1 atom stereocenters. The average Bonchev–Trinajstić information content (AvgIpc) is 3.53. The van der Waals surface area contributed by atoms with E-state index in [0.717, 1.165) is 43.7 Å². The van der Waals surface area contributed by atoms with Crippen LogP contribution in [-0.2, 0) is 17.6 Å². The molecule has 0 aliphatic heterocycles. The van der Waals surface area contributed by atoms with Crippen LogP contribution < -0.4 is 10.2 Å². The van der Waals surface area contributed by atoms with Crippen molar-refractivity contribution in [2.24, 2.45) is 0 Å². The number of carbonyl (C=O) groups is 1. The molecule has 0 saturated carbocycles. The molecule has 0 bridgehead atoms. The van der Waals surface area contributed by atoms with E-state index in [2.05, 4.69) is 71.5 Å². The standard InChI is InChI=1S/C31H33N3O3/c1-22-5-4-6-26(19-22)37-18-17-34(16-15-25-21-32-29-8-3-2-7-27(25)29)30-13-11-24-20-23(9-12-28(24)30)10-14-31(35)33-36/h2-10,12,14,19-21,30,32,36H,11,13,15-18H2,1H3,(H,33,35)/b14-10+. The van der Waals surface area contributed by atoms with Crippen molar-refractivity contribution in [2.45, 2.75) is 32.2 Å². The highest BCUT2D eigenvalue weighted by atomic mass is 16.5. The number of nitrogens with zero attached hydrogens (tertiary/aromatic N) is 1. The minimum atomic E-state index is -0.532. The first-order valence-electron chi connectivity index (χ1n) is 12.8. The van der Waals surface area contributed by atoms with Crippen LogP contribution >= 0.6 is 0 Å². The van der Waals surface area contributed by atoms with Crippen LogP contribution in [0.15, 0.2) is 79.0 Å².